The Morgan fingerprint density at radius 2 is 1.81 bits per heavy atom. The van der Waals surface area contributed by atoms with Gasteiger partial charge in [0.15, 0.2) is 0 Å². The molecule has 0 fully saturated rings. The number of halogens is 4. The van der Waals surface area contributed by atoms with E-state index in [0.29, 0.717) is 24.1 Å². The largest absolute Gasteiger partial charge is 0.416 e. The van der Waals surface area contributed by atoms with E-state index in [1.54, 1.807) is 25.2 Å². The van der Waals surface area contributed by atoms with Crippen molar-refractivity contribution in [2.24, 2.45) is 7.05 Å². The smallest absolute Gasteiger partial charge is 0.268 e. The highest BCUT2D eigenvalue weighted by Gasteiger charge is 2.34. The van der Waals surface area contributed by atoms with Crippen molar-refractivity contribution in [1.82, 2.24) is 14.8 Å². The van der Waals surface area contributed by atoms with Gasteiger partial charge in [-0.3, -0.25) is 9.40 Å². The zero-order valence-electron chi connectivity index (χ0n) is 18.9. The number of hydrogen-bond donors (Lipinski definition) is 1. The topological polar surface area (TPSA) is 76.9 Å². The van der Waals surface area contributed by atoms with E-state index in [9.17, 15) is 26.0 Å². The molecule has 0 spiro atoms. The molecule has 1 aliphatic carbocycles. The fourth-order valence-electron chi connectivity index (χ4n) is 4.61. The SMILES string of the molecule is Cn1nccc1-c1cc(C(F)(F)F)ccc1C1CCc2cc(S(=O)(=O)Nc3ccc(F)cn3)ccc21. The van der Waals surface area contributed by atoms with Crippen molar-refractivity contribution in [2.75, 3.05) is 4.72 Å². The van der Waals surface area contributed by atoms with Crippen molar-refractivity contribution in [2.45, 2.75) is 29.8 Å². The normalized spacial score (nSPS) is 15.6. The summed E-state index contributed by atoms with van der Waals surface area (Å²) in [5, 5.41) is 4.11. The fourth-order valence-corrected chi connectivity index (χ4v) is 5.67. The van der Waals surface area contributed by atoms with Crippen LogP contribution in [0.1, 0.15) is 34.6 Å². The molecule has 5 rings (SSSR count). The summed E-state index contributed by atoms with van der Waals surface area (Å²) in [6.07, 6.45) is -0.877. The summed E-state index contributed by atoms with van der Waals surface area (Å²) >= 11 is 0. The molecule has 1 N–H and O–H groups in total. The molecular weight excluding hydrogens is 496 g/mol. The molecule has 0 aliphatic heterocycles. The molecular formula is C25H20F4N4O2S. The van der Waals surface area contributed by atoms with Crippen LogP contribution in [0.15, 0.2) is 71.9 Å². The number of hydrogen-bond acceptors (Lipinski definition) is 4. The van der Waals surface area contributed by atoms with E-state index >= 15 is 0 Å². The molecule has 1 atom stereocenters. The third kappa shape index (κ3) is 4.46. The van der Waals surface area contributed by atoms with E-state index < -0.39 is 27.6 Å². The van der Waals surface area contributed by atoms with E-state index in [-0.39, 0.29) is 16.6 Å². The van der Waals surface area contributed by atoms with Crippen molar-refractivity contribution in [1.29, 1.82) is 0 Å². The number of rotatable bonds is 5. The van der Waals surface area contributed by atoms with Gasteiger partial charge in [0.25, 0.3) is 10.0 Å². The molecule has 11 heteroatoms. The molecule has 0 saturated heterocycles. The molecule has 0 saturated carbocycles. The highest BCUT2D eigenvalue weighted by molar-refractivity contribution is 7.92. The molecule has 2 aromatic heterocycles. The summed E-state index contributed by atoms with van der Waals surface area (Å²) < 4.78 is 83.1. The molecule has 1 unspecified atom stereocenters. The molecule has 0 radical (unpaired) electrons. The number of nitrogens with zero attached hydrogens (tertiary/aromatic N) is 3. The first-order chi connectivity index (χ1) is 17.0. The van der Waals surface area contributed by atoms with Crippen molar-refractivity contribution in [3.8, 4) is 11.3 Å². The average molecular weight is 517 g/mol. The van der Waals surface area contributed by atoms with Gasteiger partial charge in [0.1, 0.15) is 11.6 Å². The van der Waals surface area contributed by atoms with Gasteiger partial charge in [-0.15, -0.1) is 0 Å². The summed E-state index contributed by atoms with van der Waals surface area (Å²) in [5.74, 6) is -0.814. The predicted molar refractivity (Wildman–Crippen MR) is 125 cm³/mol. The standard InChI is InChI=1S/C25H20F4N4O2S/c1-33-23(10-11-31-33)22-13-16(25(27,28)29)3-7-21(22)20-6-2-15-12-18(5-8-19(15)20)36(34,35)32-24-9-4-17(26)14-30-24/h3-5,7-14,20H,2,6H2,1H3,(H,30,32). The number of pyridine rings is 1. The molecule has 0 amide bonds. The monoisotopic (exact) mass is 516 g/mol. The minimum absolute atomic E-state index is 0.0136. The van der Waals surface area contributed by atoms with E-state index in [0.717, 1.165) is 41.1 Å². The lowest BCUT2D eigenvalue weighted by atomic mass is 9.87. The van der Waals surface area contributed by atoms with Gasteiger partial charge >= 0.3 is 6.18 Å². The number of aryl methyl sites for hydroxylation is 2. The molecule has 0 bridgehead atoms. The lowest BCUT2D eigenvalue weighted by molar-refractivity contribution is -0.137. The highest BCUT2D eigenvalue weighted by Crippen LogP contribution is 2.44. The third-order valence-electron chi connectivity index (χ3n) is 6.32. The van der Waals surface area contributed by atoms with Crippen LogP contribution in [0, 0.1) is 5.82 Å². The molecule has 186 valence electrons. The van der Waals surface area contributed by atoms with Gasteiger partial charge in [0, 0.05) is 24.7 Å². The van der Waals surface area contributed by atoms with E-state index in [1.807, 2.05) is 0 Å². The number of fused-ring (bicyclic) bond motifs is 1. The van der Waals surface area contributed by atoms with Gasteiger partial charge in [-0.05, 0) is 72.0 Å². The summed E-state index contributed by atoms with van der Waals surface area (Å²) in [4.78, 5) is 3.75. The first-order valence-corrected chi connectivity index (χ1v) is 12.5. The summed E-state index contributed by atoms with van der Waals surface area (Å²) in [7, 11) is -2.30. The Bertz CT molecular complexity index is 1550. The summed E-state index contributed by atoms with van der Waals surface area (Å²) in [5.41, 5.74) is 2.61. The maximum Gasteiger partial charge on any atom is 0.416 e. The van der Waals surface area contributed by atoms with Crippen LogP contribution in [0.25, 0.3) is 11.3 Å². The molecule has 36 heavy (non-hydrogen) atoms. The van der Waals surface area contributed by atoms with E-state index in [4.69, 9.17) is 0 Å². The van der Waals surface area contributed by atoms with Crippen LogP contribution in [0.2, 0.25) is 0 Å². The third-order valence-corrected chi connectivity index (χ3v) is 7.67. The lowest BCUT2D eigenvalue weighted by Crippen LogP contribution is -2.14. The van der Waals surface area contributed by atoms with Gasteiger partial charge in [-0.1, -0.05) is 12.1 Å². The molecule has 2 heterocycles. The van der Waals surface area contributed by atoms with Gasteiger partial charge in [0.2, 0.25) is 0 Å². The summed E-state index contributed by atoms with van der Waals surface area (Å²) in [6.45, 7) is 0. The number of benzene rings is 2. The minimum Gasteiger partial charge on any atom is -0.268 e. The molecule has 2 aromatic carbocycles. The average Bonchev–Trinajstić information content (AvgIpc) is 3.45. The number of sulfonamides is 1. The Hall–Kier alpha value is -3.73. The second kappa shape index (κ2) is 8.74. The number of nitrogens with one attached hydrogen (secondary N) is 1. The van der Waals surface area contributed by atoms with Crippen molar-refractivity contribution in [3.05, 3.63) is 95.1 Å². The fraction of sp³-hybridized carbons (Fsp3) is 0.200. The van der Waals surface area contributed by atoms with Gasteiger partial charge in [-0.2, -0.15) is 18.3 Å². The van der Waals surface area contributed by atoms with Crippen molar-refractivity contribution < 1.29 is 26.0 Å². The Labute approximate surface area is 204 Å². The zero-order valence-corrected chi connectivity index (χ0v) is 19.7. The second-order valence-electron chi connectivity index (χ2n) is 8.56. The predicted octanol–water partition coefficient (Wildman–Crippen LogP) is 5.52. The van der Waals surface area contributed by atoms with Crippen molar-refractivity contribution in [3.63, 3.8) is 0 Å². The maximum absolute atomic E-state index is 13.5. The van der Waals surface area contributed by atoms with Crippen LogP contribution in [0.5, 0.6) is 0 Å². The number of alkyl halides is 3. The first kappa shape index (κ1) is 24.0. The summed E-state index contributed by atoms with van der Waals surface area (Å²) in [6, 6.07) is 12.4. The minimum atomic E-state index is -4.49. The van der Waals surface area contributed by atoms with Crippen LogP contribution in [-0.4, -0.2) is 23.2 Å². The number of anilines is 1. The Balaban J connectivity index is 1.52. The highest BCUT2D eigenvalue weighted by atomic mass is 32.2. The molecule has 1 aliphatic rings. The molecule has 6 nitrogen and oxygen atoms in total. The Morgan fingerprint density at radius 1 is 1.03 bits per heavy atom. The Kier molecular flexibility index (Phi) is 5.82. The van der Waals surface area contributed by atoms with Crippen LogP contribution < -0.4 is 4.72 Å². The van der Waals surface area contributed by atoms with Crippen molar-refractivity contribution >= 4 is 15.8 Å². The van der Waals surface area contributed by atoms with E-state index in [1.165, 1.54) is 29.1 Å². The van der Waals surface area contributed by atoms with Gasteiger partial charge < -0.3 is 0 Å². The quantitative estimate of drug-likeness (QED) is 0.355. The Morgan fingerprint density at radius 3 is 2.47 bits per heavy atom. The maximum atomic E-state index is 13.5. The van der Waals surface area contributed by atoms with Crippen LogP contribution in [0.4, 0.5) is 23.4 Å². The number of aromatic nitrogens is 3. The molecule has 4 aromatic rings. The first-order valence-electron chi connectivity index (χ1n) is 11.0. The van der Waals surface area contributed by atoms with Gasteiger partial charge in [0.05, 0.1) is 22.3 Å². The van der Waals surface area contributed by atoms with Crippen LogP contribution in [-0.2, 0) is 29.7 Å². The van der Waals surface area contributed by atoms with Crippen LogP contribution >= 0.6 is 0 Å². The lowest BCUT2D eigenvalue weighted by Gasteiger charge is -2.19. The van der Waals surface area contributed by atoms with Crippen LogP contribution in [0.3, 0.4) is 0 Å². The van der Waals surface area contributed by atoms with E-state index in [2.05, 4.69) is 14.8 Å². The van der Waals surface area contributed by atoms with Gasteiger partial charge in [-0.25, -0.2) is 17.8 Å². The second-order valence-corrected chi connectivity index (χ2v) is 10.2. The zero-order chi connectivity index (χ0) is 25.7.